The minimum absolute atomic E-state index is 0.199. The first-order valence-electron chi connectivity index (χ1n) is 7.54. The van der Waals surface area contributed by atoms with Crippen molar-refractivity contribution in [3.05, 3.63) is 48.6 Å². The van der Waals surface area contributed by atoms with Crippen molar-refractivity contribution in [2.75, 3.05) is 14.2 Å². The first-order chi connectivity index (χ1) is 12.2. The maximum absolute atomic E-state index is 13.9. The number of rotatable bonds is 9. The molecule has 0 saturated carbocycles. The predicted octanol–water partition coefficient (Wildman–Crippen LogP) is 4.62. The molecule has 0 heterocycles. The van der Waals surface area contributed by atoms with Crippen molar-refractivity contribution in [3.8, 4) is 0 Å². The van der Waals surface area contributed by atoms with Crippen LogP contribution in [-0.4, -0.2) is 31.8 Å². The summed E-state index contributed by atoms with van der Waals surface area (Å²) in [6, 6.07) is 8.38. The molecule has 26 heavy (non-hydrogen) atoms. The van der Waals surface area contributed by atoms with E-state index in [1.807, 2.05) is 0 Å². The van der Waals surface area contributed by atoms with E-state index >= 15 is 0 Å². The number of ether oxygens (including phenoxy) is 1. The number of carbonyl (C=O) groups excluding carboxylic acids is 1. The maximum atomic E-state index is 13.9. The van der Waals surface area contributed by atoms with Crippen molar-refractivity contribution >= 4 is 13.7 Å². The molecule has 0 aromatic heterocycles. The maximum Gasteiger partial charge on any atom is 0.423 e. The lowest BCUT2D eigenvalue weighted by Gasteiger charge is -2.39. The summed E-state index contributed by atoms with van der Waals surface area (Å²) in [7, 11) is -3.18. The third-order valence-electron chi connectivity index (χ3n) is 3.65. The van der Waals surface area contributed by atoms with E-state index in [9.17, 15) is 22.5 Å². The quantitative estimate of drug-likeness (QED) is 0.488. The first kappa shape index (κ1) is 22.2. The summed E-state index contributed by atoms with van der Waals surface area (Å²) >= 11 is 0. The fourth-order valence-electron chi connectivity index (χ4n) is 2.26. The number of carbonyl (C=O) groups is 1. The van der Waals surface area contributed by atoms with E-state index in [1.54, 1.807) is 35.6 Å². The fraction of sp³-hybridized carbons (Fsp3) is 0.438. The van der Waals surface area contributed by atoms with Crippen molar-refractivity contribution in [1.82, 2.24) is 5.32 Å². The molecule has 0 aliphatic heterocycles. The van der Waals surface area contributed by atoms with Crippen LogP contribution in [-0.2, 0) is 25.0 Å². The topological polar surface area (TPSA) is 73.9 Å². The average Bonchev–Trinajstić information content (AvgIpc) is 2.62. The fourth-order valence-corrected chi connectivity index (χ4v) is 3.98. The van der Waals surface area contributed by atoms with Gasteiger partial charge in [-0.05, 0) is 18.4 Å². The van der Waals surface area contributed by atoms with Gasteiger partial charge in [-0.15, -0.1) is 6.58 Å². The van der Waals surface area contributed by atoms with E-state index in [1.165, 1.54) is 6.08 Å². The van der Waals surface area contributed by atoms with Crippen LogP contribution in [0.1, 0.15) is 18.4 Å². The van der Waals surface area contributed by atoms with Gasteiger partial charge in [0.05, 0.1) is 0 Å². The molecule has 0 spiro atoms. The molecule has 0 radical (unpaired) electrons. The van der Waals surface area contributed by atoms with Crippen LogP contribution in [0.3, 0.4) is 0 Å². The zero-order valence-electron chi connectivity index (χ0n) is 14.4. The summed E-state index contributed by atoms with van der Waals surface area (Å²) in [5.74, 6) is 0. The van der Waals surface area contributed by atoms with Gasteiger partial charge in [0.1, 0.15) is 6.61 Å². The van der Waals surface area contributed by atoms with Crippen molar-refractivity contribution in [2.45, 2.75) is 30.9 Å². The van der Waals surface area contributed by atoms with Gasteiger partial charge < -0.3 is 13.8 Å². The SMILES string of the molecule is C=CCCC(NC(=O)OCc1ccccc1)(C(F)(F)F)P(=O)(OC)OC. The molecule has 1 amide bonds. The molecule has 1 N–H and O–H groups in total. The minimum Gasteiger partial charge on any atom is -0.445 e. The highest BCUT2D eigenvalue weighted by Crippen LogP contribution is 2.65. The van der Waals surface area contributed by atoms with Crippen LogP contribution in [0.15, 0.2) is 43.0 Å². The van der Waals surface area contributed by atoms with Crippen LogP contribution in [0.5, 0.6) is 0 Å². The smallest absolute Gasteiger partial charge is 0.423 e. The van der Waals surface area contributed by atoms with Gasteiger partial charge in [-0.1, -0.05) is 36.4 Å². The van der Waals surface area contributed by atoms with Crippen LogP contribution in [0.4, 0.5) is 18.0 Å². The largest absolute Gasteiger partial charge is 0.445 e. The summed E-state index contributed by atoms with van der Waals surface area (Å²) in [5, 5.41) is -1.60. The lowest BCUT2D eigenvalue weighted by atomic mass is 10.1. The molecule has 0 aliphatic rings. The molecule has 0 aliphatic carbocycles. The molecular formula is C16H21F3NO5P. The monoisotopic (exact) mass is 395 g/mol. The van der Waals surface area contributed by atoms with E-state index in [0.29, 0.717) is 5.56 Å². The van der Waals surface area contributed by atoms with Crippen molar-refractivity contribution < 1.29 is 36.3 Å². The Balaban J connectivity index is 3.12. The van der Waals surface area contributed by atoms with Gasteiger partial charge >= 0.3 is 19.9 Å². The number of allylic oxidation sites excluding steroid dienone is 1. The van der Waals surface area contributed by atoms with E-state index in [4.69, 9.17) is 4.74 Å². The number of halogens is 3. The third-order valence-corrected chi connectivity index (χ3v) is 6.13. The number of hydrogen-bond donors (Lipinski definition) is 1. The second-order valence-electron chi connectivity index (χ2n) is 5.23. The minimum atomic E-state index is -5.14. The van der Waals surface area contributed by atoms with Gasteiger partial charge in [0.25, 0.3) is 0 Å². The number of amides is 1. The Kier molecular flexibility index (Phi) is 7.87. The summed E-state index contributed by atoms with van der Waals surface area (Å²) in [6.07, 6.45) is -6.32. The molecule has 1 rings (SSSR count). The average molecular weight is 395 g/mol. The highest BCUT2D eigenvalue weighted by atomic mass is 31.2. The summed E-state index contributed by atoms with van der Waals surface area (Å²) in [5.41, 5.74) is 0.577. The third kappa shape index (κ3) is 4.87. The Morgan fingerprint density at radius 3 is 2.27 bits per heavy atom. The van der Waals surface area contributed by atoms with Crippen molar-refractivity contribution in [1.29, 1.82) is 0 Å². The van der Waals surface area contributed by atoms with Crippen LogP contribution in [0, 0.1) is 0 Å². The molecule has 0 saturated heterocycles. The lowest BCUT2D eigenvalue weighted by Crippen LogP contribution is -2.58. The van der Waals surface area contributed by atoms with E-state index in [0.717, 1.165) is 14.2 Å². The molecule has 0 fully saturated rings. The highest BCUT2D eigenvalue weighted by molar-refractivity contribution is 7.55. The molecule has 146 valence electrons. The molecule has 1 unspecified atom stereocenters. The van der Waals surface area contributed by atoms with Crippen LogP contribution >= 0.6 is 7.60 Å². The zero-order chi connectivity index (χ0) is 19.8. The van der Waals surface area contributed by atoms with Gasteiger partial charge in [0, 0.05) is 14.2 Å². The number of benzene rings is 1. The zero-order valence-corrected chi connectivity index (χ0v) is 15.3. The molecule has 10 heteroatoms. The molecule has 0 bridgehead atoms. The van der Waals surface area contributed by atoms with Gasteiger partial charge in [0.2, 0.25) is 5.28 Å². The van der Waals surface area contributed by atoms with E-state index in [2.05, 4.69) is 15.6 Å². The molecular weight excluding hydrogens is 374 g/mol. The van der Waals surface area contributed by atoms with Gasteiger partial charge in [-0.3, -0.25) is 9.88 Å². The summed E-state index contributed by atoms with van der Waals surface area (Å²) in [4.78, 5) is 12.0. The van der Waals surface area contributed by atoms with Gasteiger partial charge in [0.15, 0.2) is 0 Å². The molecule has 1 aromatic carbocycles. The Labute approximate surface area is 149 Å². The normalized spacial score (nSPS) is 14.3. The van der Waals surface area contributed by atoms with Gasteiger partial charge in [-0.25, -0.2) is 4.79 Å². The second kappa shape index (κ2) is 9.21. The lowest BCUT2D eigenvalue weighted by molar-refractivity contribution is -0.175. The Bertz CT molecular complexity index is 645. The van der Waals surface area contributed by atoms with Crippen molar-refractivity contribution in [3.63, 3.8) is 0 Å². The summed E-state index contributed by atoms with van der Waals surface area (Å²) in [6.45, 7) is 3.09. The Morgan fingerprint density at radius 1 is 1.23 bits per heavy atom. The second-order valence-corrected chi connectivity index (χ2v) is 7.72. The molecule has 1 aromatic rings. The van der Waals surface area contributed by atoms with Gasteiger partial charge in [-0.2, -0.15) is 13.2 Å². The standard InChI is InChI=1S/C16H21F3NO5P/c1-4-5-11-15(16(17,18)19,26(22,23-2)24-3)20-14(21)25-12-13-9-7-6-8-10-13/h4,6-10H,1,5,11-12H2,2-3H3,(H,20,21). The number of alkyl carbamates (subject to hydrolysis) is 1. The van der Waals surface area contributed by atoms with Crippen LogP contribution in [0.2, 0.25) is 0 Å². The Hall–Kier alpha value is -1.83. The van der Waals surface area contributed by atoms with Crippen LogP contribution in [0.25, 0.3) is 0 Å². The van der Waals surface area contributed by atoms with Crippen LogP contribution < -0.4 is 5.32 Å². The highest BCUT2D eigenvalue weighted by Gasteiger charge is 2.68. The Morgan fingerprint density at radius 2 is 1.81 bits per heavy atom. The van der Waals surface area contributed by atoms with E-state index < -0.39 is 31.6 Å². The summed E-state index contributed by atoms with van der Waals surface area (Å²) < 4.78 is 68.2. The molecule has 6 nitrogen and oxygen atoms in total. The number of nitrogens with one attached hydrogen (secondary N) is 1. The molecule has 1 atom stereocenters. The number of alkyl halides is 3. The van der Waals surface area contributed by atoms with E-state index in [-0.39, 0.29) is 13.0 Å². The first-order valence-corrected chi connectivity index (χ1v) is 9.08. The predicted molar refractivity (Wildman–Crippen MR) is 89.6 cm³/mol. The van der Waals surface area contributed by atoms with Crippen molar-refractivity contribution in [2.24, 2.45) is 0 Å². The number of hydrogen-bond acceptors (Lipinski definition) is 5.